The van der Waals surface area contributed by atoms with Crippen LogP contribution in [0.4, 0.5) is 14.9 Å². The molecular formula is C26H20ClFN2O5. The Kier molecular flexibility index (Phi) is 7.12. The maximum atomic E-state index is 13.3. The van der Waals surface area contributed by atoms with Crippen LogP contribution in [-0.4, -0.2) is 24.5 Å². The van der Waals surface area contributed by atoms with E-state index in [9.17, 15) is 18.8 Å². The first-order chi connectivity index (χ1) is 16.9. The molecule has 4 rings (SSSR count). The number of nitrogens with zero attached hydrogens (tertiary/aromatic N) is 1. The number of hydrogen-bond donors (Lipinski definition) is 1. The summed E-state index contributed by atoms with van der Waals surface area (Å²) in [6, 6.07) is 16.2. The van der Waals surface area contributed by atoms with Crippen LogP contribution >= 0.6 is 11.6 Å². The van der Waals surface area contributed by atoms with E-state index in [0.29, 0.717) is 29.2 Å². The Hall–Kier alpha value is -4.17. The van der Waals surface area contributed by atoms with Gasteiger partial charge in [0.05, 0.1) is 17.3 Å². The summed E-state index contributed by atoms with van der Waals surface area (Å²) in [7, 11) is 0. The second-order valence-corrected chi connectivity index (χ2v) is 7.90. The van der Waals surface area contributed by atoms with Crippen LogP contribution in [0, 0.1) is 5.82 Å². The van der Waals surface area contributed by atoms with Crippen molar-refractivity contribution in [1.82, 2.24) is 5.32 Å². The van der Waals surface area contributed by atoms with E-state index in [2.05, 4.69) is 5.32 Å². The quantitative estimate of drug-likeness (QED) is 0.364. The molecule has 0 bridgehead atoms. The minimum absolute atomic E-state index is 0.109. The van der Waals surface area contributed by atoms with Crippen molar-refractivity contribution in [1.29, 1.82) is 0 Å². The van der Waals surface area contributed by atoms with E-state index in [1.54, 1.807) is 48.5 Å². The standard InChI is InChI=1S/C26H20ClFN2O5/c1-2-34-20-9-7-19(8-10-20)30-25(32)21(24(31)29-26(30)33)13-16-6-11-23(22(27)14-16)35-15-17-4-3-5-18(28)12-17/h3-14H,2,15H2,1H3,(H,29,31,33)/b21-13+. The lowest BCUT2D eigenvalue weighted by Gasteiger charge is -2.26. The van der Waals surface area contributed by atoms with Crippen LogP contribution in [0.5, 0.6) is 11.5 Å². The molecule has 0 saturated carbocycles. The number of urea groups is 1. The number of carbonyl (C=O) groups is 3. The number of hydrogen-bond acceptors (Lipinski definition) is 5. The number of rotatable bonds is 7. The Morgan fingerprint density at radius 2 is 1.77 bits per heavy atom. The summed E-state index contributed by atoms with van der Waals surface area (Å²) in [4.78, 5) is 38.7. The molecule has 3 aromatic rings. The molecule has 0 spiro atoms. The van der Waals surface area contributed by atoms with Crippen LogP contribution in [0.1, 0.15) is 18.1 Å². The molecule has 1 aliphatic heterocycles. The van der Waals surface area contributed by atoms with Crippen LogP contribution in [0.15, 0.2) is 72.3 Å². The molecule has 1 fully saturated rings. The van der Waals surface area contributed by atoms with E-state index in [-0.39, 0.29) is 28.7 Å². The first-order valence-corrected chi connectivity index (χ1v) is 11.0. The van der Waals surface area contributed by atoms with E-state index in [0.717, 1.165) is 4.90 Å². The van der Waals surface area contributed by atoms with Crippen LogP contribution in [0.2, 0.25) is 5.02 Å². The number of anilines is 1. The summed E-state index contributed by atoms with van der Waals surface area (Å²) in [6.45, 7) is 2.42. The number of imide groups is 2. The van der Waals surface area contributed by atoms with Crippen molar-refractivity contribution >= 4 is 41.2 Å². The van der Waals surface area contributed by atoms with E-state index in [1.807, 2.05) is 6.92 Å². The predicted molar refractivity (Wildman–Crippen MR) is 129 cm³/mol. The van der Waals surface area contributed by atoms with Crippen LogP contribution in [0.3, 0.4) is 0 Å². The summed E-state index contributed by atoms with van der Waals surface area (Å²) < 4.78 is 24.4. The van der Waals surface area contributed by atoms with Crippen molar-refractivity contribution in [2.24, 2.45) is 0 Å². The van der Waals surface area contributed by atoms with Gasteiger partial charge in [0.2, 0.25) is 0 Å². The van der Waals surface area contributed by atoms with E-state index in [4.69, 9.17) is 21.1 Å². The summed E-state index contributed by atoms with van der Waals surface area (Å²) in [5.41, 5.74) is 1.14. The third-order valence-corrected chi connectivity index (χ3v) is 5.35. The lowest BCUT2D eigenvalue weighted by atomic mass is 10.1. The number of benzene rings is 3. The van der Waals surface area contributed by atoms with Crippen molar-refractivity contribution < 1.29 is 28.2 Å². The molecule has 9 heteroatoms. The topological polar surface area (TPSA) is 84.9 Å². The Morgan fingerprint density at radius 3 is 2.46 bits per heavy atom. The Labute approximate surface area is 205 Å². The molecule has 4 amide bonds. The molecule has 0 radical (unpaired) electrons. The average Bonchev–Trinajstić information content (AvgIpc) is 2.82. The average molecular weight is 495 g/mol. The minimum Gasteiger partial charge on any atom is -0.494 e. The number of carbonyl (C=O) groups excluding carboxylic acids is 3. The Balaban J connectivity index is 1.54. The second kappa shape index (κ2) is 10.4. The van der Waals surface area contributed by atoms with Gasteiger partial charge in [-0.05, 0) is 72.7 Å². The molecule has 3 aromatic carbocycles. The second-order valence-electron chi connectivity index (χ2n) is 7.49. The lowest BCUT2D eigenvalue weighted by molar-refractivity contribution is -0.122. The molecule has 0 unspecified atom stereocenters. The van der Waals surface area contributed by atoms with Crippen molar-refractivity contribution in [2.75, 3.05) is 11.5 Å². The molecule has 1 aliphatic rings. The van der Waals surface area contributed by atoms with Crippen molar-refractivity contribution in [3.8, 4) is 11.5 Å². The number of ether oxygens (including phenoxy) is 2. The zero-order valence-electron chi connectivity index (χ0n) is 18.6. The smallest absolute Gasteiger partial charge is 0.335 e. The molecule has 7 nitrogen and oxygen atoms in total. The number of halogens is 2. The van der Waals surface area contributed by atoms with Gasteiger partial charge in [-0.25, -0.2) is 14.1 Å². The number of barbiturate groups is 1. The SMILES string of the molecule is CCOc1ccc(N2C(=O)NC(=O)/C(=C\c3ccc(OCc4cccc(F)c4)c(Cl)c3)C2=O)cc1. The fraction of sp³-hybridized carbons (Fsp3) is 0.115. The zero-order valence-corrected chi connectivity index (χ0v) is 19.3. The molecule has 1 saturated heterocycles. The maximum absolute atomic E-state index is 13.3. The van der Waals surface area contributed by atoms with Gasteiger partial charge in [0, 0.05) is 0 Å². The van der Waals surface area contributed by atoms with Gasteiger partial charge in [-0.3, -0.25) is 14.9 Å². The van der Waals surface area contributed by atoms with Gasteiger partial charge in [0.25, 0.3) is 11.8 Å². The molecule has 0 aromatic heterocycles. The normalized spacial score (nSPS) is 14.8. The van der Waals surface area contributed by atoms with Gasteiger partial charge in [0.15, 0.2) is 0 Å². The molecule has 0 aliphatic carbocycles. The van der Waals surface area contributed by atoms with E-state index >= 15 is 0 Å². The largest absolute Gasteiger partial charge is 0.494 e. The third kappa shape index (κ3) is 5.50. The summed E-state index contributed by atoms with van der Waals surface area (Å²) in [5.74, 6) is -1.02. The third-order valence-electron chi connectivity index (χ3n) is 5.06. The van der Waals surface area contributed by atoms with Crippen molar-refractivity contribution in [3.63, 3.8) is 0 Å². The fourth-order valence-electron chi connectivity index (χ4n) is 3.43. The predicted octanol–water partition coefficient (Wildman–Crippen LogP) is 5.12. The number of nitrogens with one attached hydrogen (secondary N) is 1. The summed E-state index contributed by atoms with van der Waals surface area (Å²) in [6.07, 6.45) is 1.34. The van der Waals surface area contributed by atoms with Gasteiger partial charge < -0.3 is 9.47 Å². The van der Waals surface area contributed by atoms with Crippen molar-refractivity contribution in [3.05, 3.63) is 94.3 Å². The van der Waals surface area contributed by atoms with Crippen LogP contribution in [-0.2, 0) is 16.2 Å². The van der Waals surface area contributed by atoms with Gasteiger partial charge in [-0.1, -0.05) is 29.8 Å². The van der Waals surface area contributed by atoms with E-state index in [1.165, 1.54) is 24.3 Å². The lowest BCUT2D eigenvalue weighted by Crippen LogP contribution is -2.54. The van der Waals surface area contributed by atoms with Crippen LogP contribution in [0.25, 0.3) is 6.08 Å². The fourth-order valence-corrected chi connectivity index (χ4v) is 3.67. The highest BCUT2D eigenvalue weighted by atomic mass is 35.5. The Bertz CT molecular complexity index is 1320. The Morgan fingerprint density at radius 1 is 1.00 bits per heavy atom. The maximum Gasteiger partial charge on any atom is 0.335 e. The molecule has 1 N–H and O–H groups in total. The minimum atomic E-state index is -0.847. The summed E-state index contributed by atoms with van der Waals surface area (Å²) in [5, 5.41) is 2.41. The van der Waals surface area contributed by atoms with Gasteiger partial charge in [0.1, 0.15) is 29.5 Å². The number of amides is 4. The highest BCUT2D eigenvalue weighted by molar-refractivity contribution is 6.39. The van der Waals surface area contributed by atoms with Crippen LogP contribution < -0.4 is 19.7 Å². The first kappa shape index (κ1) is 24.0. The molecule has 35 heavy (non-hydrogen) atoms. The molecular weight excluding hydrogens is 475 g/mol. The molecule has 1 heterocycles. The van der Waals surface area contributed by atoms with E-state index < -0.39 is 17.8 Å². The first-order valence-electron chi connectivity index (χ1n) is 10.7. The molecule has 178 valence electrons. The van der Waals surface area contributed by atoms with Gasteiger partial charge >= 0.3 is 6.03 Å². The highest BCUT2D eigenvalue weighted by Gasteiger charge is 2.36. The monoisotopic (exact) mass is 494 g/mol. The highest BCUT2D eigenvalue weighted by Crippen LogP contribution is 2.29. The zero-order chi connectivity index (χ0) is 24.9. The molecule has 0 atom stereocenters. The summed E-state index contributed by atoms with van der Waals surface area (Å²) >= 11 is 6.32. The van der Waals surface area contributed by atoms with Gasteiger partial charge in [-0.2, -0.15) is 0 Å². The van der Waals surface area contributed by atoms with Crippen molar-refractivity contribution in [2.45, 2.75) is 13.5 Å². The van der Waals surface area contributed by atoms with Gasteiger partial charge in [-0.15, -0.1) is 0 Å².